The predicted octanol–water partition coefficient (Wildman–Crippen LogP) is 2.02. The second-order valence-corrected chi connectivity index (χ2v) is 5.48. The van der Waals surface area contributed by atoms with Crippen molar-refractivity contribution in [3.8, 4) is 0 Å². The smallest absolute Gasteiger partial charge is 0.125 e. The number of pyridine rings is 1. The molecule has 0 saturated carbocycles. The molecule has 7 heteroatoms. The molecule has 0 saturated heterocycles. The summed E-state index contributed by atoms with van der Waals surface area (Å²) in [4.78, 5) is 0. The lowest BCUT2D eigenvalue weighted by Crippen LogP contribution is -2.13. The van der Waals surface area contributed by atoms with Gasteiger partial charge < -0.3 is 9.84 Å². The molecule has 3 aromatic heterocycles. The van der Waals surface area contributed by atoms with Gasteiger partial charge in [0.1, 0.15) is 6.10 Å². The highest BCUT2D eigenvalue weighted by molar-refractivity contribution is 9.10. The molecule has 0 aliphatic carbocycles. The maximum atomic E-state index is 10.7. The number of fused-ring (bicyclic) bond motifs is 1. The minimum absolute atomic E-state index is 0.530. The Hall–Kier alpha value is -1.70. The minimum Gasteiger partial charge on any atom is -0.383 e. The first-order chi connectivity index (χ1) is 10.2. The zero-order chi connectivity index (χ0) is 14.8. The third kappa shape index (κ3) is 2.59. The van der Waals surface area contributed by atoms with Crippen LogP contribution in [0.3, 0.4) is 0 Å². The summed E-state index contributed by atoms with van der Waals surface area (Å²) in [5.41, 5.74) is 2.32. The van der Waals surface area contributed by atoms with Gasteiger partial charge in [-0.25, -0.2) is 4.52 Å². The van der Waals surface area contributed by atoms with Crippen molar-refractivity contribution >= 4 is 21.4 Å². The fourth-order valence-corrected chi connectivity index (χ4v) is 2.83. The largest absolute Gasteiger partial charge is 0.383 e. The fourth-order valence-electron chi connectivity index (χ4n) is 2.31. The standard InChI is InChI=1S/C14H15BrN4O2/c1-21-7-6-19-13(11(15)9-17-19)14(20)10-8-16-18-5-3-2-4-12(10)18/h2-5,8-9,14,20H,6-7H2,1H3. The molecule has 6 nitrogen and oxygen atoms in total. The average Bonchev–Trinajstić information content (AvgIpc) is 3.08. The minimum atomic E-state index is -0.807. The molecule has 1 N–H and O–H groups in total. The number of ether oxygens (including phenoxy) is 1. The van der Waals surface area contributed by atoms with Crippen LogP contribution in [0, 0.1) is 0 Å². The van der Waals surface area contributed by atoms with E-state index in [1.165, 1.54) is 0 Å². The highest BCUT2D eigenvalue weighted by Crippen LogP contribution is 2.30. The van der Waals surface area contributed by atoms with E-state index in [-0.39, 0.29) is 0 Å². The van der Waals surface area contributed by atoms with E-state index >= 15 is 0 Å². The molecule has 3 aromatic rings. The molecule has 0 aliphatic heterocycles. The van der Waals surface area contributed by atoms with Gasteiger partial charge in [0.2, 0.25) is 0 Å². The number of aliphatic hydroxyl groups excluding tert-OH is 1. The molecule has 21 heavy (non-hydrogen) atoms. The van der Waals surface area contributed by atoms with Crippen molar-refractivity contribution < 1.29 is 9.84 Å². The predicted molar refractivity (Wildman–Crippen MR) is 81.1 cm³/mol. The van der Waals surface area contributed by atoms with Crippen molar-refractivity contribution in [1.29, 1.82) is 0 Å². The van der Waals surface area contributed by atoms with Gasteiger partial charge in [0.25, 0.3) is 0 Å². The summed E-state index contributed by atoms with van der Waals surface area (Å²) >= 11 is 3.45. The Bertz CT molecular complexity index is 752. The van der Waals surface area contributed by atoms with E-state index in [9.17, 15) is 5.11 Å². The second kappa shape index (κ2) is 5.97. The zero-order valence-corrected chi connectivity index (χ0v) is 13.1. The first kappa shape index (κ1) is 14.2. The van der Waals surface area contributed by atoms with Gasteiger partial charge in [0.15, 0.2) is 0 Å². The Kier molecular flexibility index (Phi) is 4.05. The van der Waals surface area contributed by atoms with Crippen LogP contribution in [0.5, 0.6) is 0 Å². The van der Waals surface area contributed by atoms with Crippen LogP contribution in [-0.4, -0.2) is 38.2 Å². The Morgan fingerprint density at radius 1 is 1.33 bits per heavy atom. The summed E-state index contributed by atoms with van der Waals surface area (Å²) in [5.74, 6) is 0. The Morgan fingerprint density at radius 3 is 3.00 bits per heavy atom. The van der Waals surface area contributed by atoms with Crippen molar-refractivity contribution in [2.75, 3.05) is 13.7 Å². The quantitative estimate of drug-likeness (QED) is 0.764. The van der Waals surface area contributed by atoms with Gasteiger partial charge in [-0.05, 0) is 28.1 Å². The maximum Gasteiger partial charge on any atom is 0.125 e. The summed E-state index contributed by atoms with van der Waals surface area (Å²) in [5, 5.41) is 19.3. The van der Waals surface area contributed by atoms with E-state index < -0.39 is 6.10 Å². The Labute approximate surface area is 130 Å². The van der Waals surface area contributed by atoms with Gasteiger partial charge in [-0.3, -0.25) is 4.68 Å². The summed E-state index contributed by atoms with van der Waals surface area (Å²) in [6.45, 7) is 1.11. The molecule has 0 aliphatic rings. The van der Waals surface area contributed by atoms with E-state index in [2.05, 4.69) is 26.1 Å². The molecule has 110 valence electrons. The van der Waals surface area contributed by atoms with Gasteiger partial charge in [0.05, 0.1) is 41.2 Å². The van der Waals surface area contributed by atoms with Crippen molar-refractivity contribution in [2.24, 2.45) is 0 Å². The maximum absolute atomic E-state index is 10.7. The lowest BCUT2D eigenvalue weighted by molar-refractivity contribution is 0.171. The number of aliphatic hydroxyl groups is 1. The van der Waals surface area contributed by atoms with Crippen LogP contribution in [0.1, 0.15) is 17.4 Å². The van der Waals surface area contributed by atoms with Crippen molar-refractivity contribution in [2.45, 2.75) is 12.6 Å². The molecular formula is C14H15BrN4O2. The molecule has 0 radical (unpaired) electrons. The topological polar surface area (TPSA) is 64.6 Å². The number of methoxy groups -OCH3 is 1. The number of aromatic nitrogens is 4. The van der Waals surface area contributed by atoms with E-state index in [1.54, 1.807) is 28.7 Å². The lowest BCUT2D eigenvalue weighted by Gasteiger charge is -2.13. The van der Waals surface area contributed by atoms with Gasteiger partial charge >= 0.3 is 0 Å². The Morgan fingerprint density at radius 2 is 2.19 bits per heavy atom. The molecule has 0 aromatic carbocycles. The molecule has 1 atom stereocenters. The van der Waals surface area contributed by atoms with E-state index in [0.29, 0.717) is 18.8 Å². The molecule has 1 unspecified atom stereocenters. The van der Waals surface area contributed by atoms with E-state index in [4.69, 9.17) is 4.74 Å². The van der Waals surface area contributed by atoms with Crippen molar-refractivity contribution in [3.63, 3.8) is 0 Å². The number of hydrogen-bond donors (Lipinski definition) is 1. The van der Waals surface area contributed by atoms with Crippen LogP contribution in [0.15, 0.2) is 41.3 Å². The van der Waals surface area contributed by atoms with Gasteiger partial charge in [-0.1, -0.05) is 6.07 Å². The monoisotopic (exact) mass is 350 g/mol. The normalized spacial score (nSPS) is 12.9. The van der Waals surface area contributed by atoms with Crippen LogP contribution in [0.2, 0.25) is 0 Å². The second-order valence-electron chi connectivity index (χ2n) is 4.63. The Balaban J connectivity index is 2.02. The van der Waals surface area contributed by atoms with E-state index in [0.717, 1.165) is 15.6 Å². The third-order valence-electron chi connectivity index (χ3n) is 3.35. The number of nitrogens with zero attached hydrogens (tertiary/aromatic N) is 4. The van der Waals surface area contributed by atoms with Gasteiger partial charge in [-0.2, -0.15) is 10.2 Å². The van der Waals surface area contributed by atoms with Crippen LogP contribution in [-0.2, 0) is 11.3 Å². The van der Waals surface area contributed by atoms with Crippen LogP contribution in [0.25, 0.3) is 5.52 Å². The number of rotatable bonds is 5. The molecular weight excluding hydrogens is 336 g/mol. The first-order valence-electron chi connectivity index (χ1n) is 6.53. The summed E-state index contributed by atoms with van der Waals surface area (Å²) in [6, 6.07) is 5.74. The molecule has 0 spiro atoms. The van der Waals surface area contributed by atoms with E-state index in [1.807, 2.05) is 24.4 Å². The summed E-state index contributed by atoms with van der Waals surface area (Å²) < 4.78 is 9.32. The summed E-state index contributed by atoms with van der Waals surface area (Å²) in [6.07, 6.45) is 4.40. The fraction of sp³-hybridized carbons (Fsp3) is 0.286. The number of halogens is 1. The average molecular weight is 351 g/mol. The molecule has 3 rings (SSSR count). The number of hydrogen-bond acceptors (Lipinski definition) is 4. The highest BCUT2D eigenvalue weighted by Gasteiger charge is 2.22. The van der Waals surface area contributed by atoms with Crippen LogP contribution < -0.4 is 0 Å². The highest BCUT2D eigenvalue weighted by atomic mass is 79.9. The summed E-state index contributed by atoms with van der Waals surface area (Å²) in [7, 11) is 1.64. The molecule has 3 heterocycles. The van der Waals surface area contributed by atoms with Crippen molar-refractivity contribution in [3.05, 3.63) is 52.5 Å². The van der Waals surface area contributed by atoms with Gasteiger partial charge in [-0.15, -0.1) is 0 Å². The molecule has 0 fully saturated rings. The molecule has 0 bridgehead atoms. The van der Waals surface area contributed by atoms with Crippen LogP contribution in [0.4, 0.5) is 0 Å². The third-order valence-corrected chi connectivity index (χ3v) is 3.96. The van der Waals surface area contributed by atoms with Crippen LogP contribution >= 0.6 is 15.9 Å². The van der Waals surface area contributed by atoms with Crippen molar-refractivity contribution in [1.82, 2.24) is 19.4 Å². The first-order valence-corrected chi connectivity index (χ1v) is 7.32. The SMILES string of the molecule is COCCn1ncc(Br)c1C(O)c1cnn2ccccc12. The lowest BCUT2D eigenvalue weighted by atomic mass is 10.1. The molecule has 0 amide bonds. The zero-order valence-electron chi connectivity index (χ0n) is 11.5. The van der Waals surface area contributed by atoms with Gasteiger partial charge in [0, 0.05) is 18.9 Å².